The Labute approximate surface area is 121 Å². The van der Waals surface area contributed by atoms with Crippen LogP contribution in [0.4, 0.5) is 0 Å². The van der Waals surface area contributed by atoms with Crippen molar-refractivity contribution in [2.24, 2.45) is 0 Å². The molecular weight excluding hydrogens is 278 g/mol. The van der Waals surface area contributed by atoms with E-state index in [2.05, 4.69) is 11.8 Å². The van der Waals surface area contributed by atoms with Crippen LogP contribution in [0.1, 0.15) is 26.2 Å². The van der Waals surface area contributed by atoms with Gasteiger partial charge in [0, 0.05) is 38.8 Å². The number of carbonyl (C=O) groups is 1. The van der Waals surface area contributed by atoms with Crippen molar-refractivity contribution in [2.45, 2.75) is 32.2 Å². The highest BCUT2D eigenvalue weighted by atomic mass is 32.2. The summed E-state index contributed by atoms with van der Waals surface area (Å²) in [5, 5.41) is 0. The van der Waals surface area contributed by atoms with Gasteiger partial charge in [-0.25, -0.2) is 8.42 Å². The van der Waals surface area contributed by atoms with Gasteiger partial charge in [0.05, 0.1) is 12.8 Å². The van der Waals surface area contributed by atoms with Crippen LogP contribution >= 0.6 is 0 Å². The highest BCUT2D eigenvalue weighted by molar-refractivity contribution is 7.88. The normalized spacial score (nSPS) is 26.7. The summed E-state index contributed by atoms with van der Waals surface area (Å²) in [4.78, 5) is 16.3. The average molecular weight is 303 g/mol. The third kappa shape index (κ3) is 3.93. The number of piperidine rings is 1. The smallest absolute Gasteiger partial charge is 0.236 e. The Kier molecular flexibility index (Phi) is 5.04. The second-order valence-electron chi connectivity index (χ2n) is 5.87. The number of nitrogens with zero attached hydrogens (tertiary/aromatic N) is 3. The molecule has 2 heterocycles. The Morgan fingerprint density at radius 1 is 1.10 bits per heavy atom. The largest absolute Gasteiger partial charge is 0.339 e. The molecule has 2 fully saturated rings. The van der Waals surface area contributed by atoms with Gasteiger partial charge in [-0.2, -0.15) is 4.31 Å². The number of piperazine rings is 1. The van der Waals surface area contributed by atoms with Crippen molar-refractivity contribution in [3.05, 3.63) is 0 Å². The lowest BCUT2D eigenvalue weighted by atomic mass is 10.0. The molecule has 2 aliphatic heterocycles. The van der Waals surface area contributed by atoms with E-state index in [9.17, 15) is 13.2 Å². The van der Waals surface area contributed by atoms with E-state index in [-0.39, 0.29) is 5.91 Å². The zero-order valence-corrected chi connectivity index (χ0v) is 13.2. The molecule has 2 rings (SSSR count). The van der Waals surface area contributed by atoms with E-state index in [0.29, 0.717) is 38.8 Å². The minimum absolute atomic E-state index is 0.185. The van der Waals surface area contributed by atoms with Crippen LogP contribution in [0.3, 0.4) is 0 Å². The predicted octanol–water partition coefficient (Wildman–Crippen LogP) is -0.0354. The minimum atomic E-state index is -3.10. The quantitative estimate of drug-likeness (QED) is 0.734. The lowest BCUT2D eigenvalue weighted by Gasteiger charge is -2.37. The molecule has 0 spiro atoms. The number of amides is 1. The first-order valence-corrected chi connectivity index (χ1v) is 9.19. The van der Waals surface area contributed by atoms with E-state index in [1.54, 1.807) is 0 Å². The Hall–Kier alpha value is -0.660. The molecule has 1 atom stereocenters. The molecule has 20 heavy (non-hydrogen) atoms. The molecule has 1 amide bonds. The highest BCUT2D eigenvalue weighted by Gasteiger charge is 2.28. The van der Waals surface area contributed by atoms with Crippen molar-refractivity contribution < 1.29 is 13.2 Å². The third-order valence-corrected chi connectivity index (χ3v) is 5.59. The van der Waals surface area contributed by atoms with Crippen molar-refractivity contribution in [2.75, 3.05) is 45.5 Å². The van der Waals surface area contributed by atoms with E-state index in [0.717, 1.165) is 19.4 Å². The Morgan fingerprint density at radius 2 is 1.75 bits per heavy atom. The zero-order valence-electron chi connectivity index (χ0n) is 12.4. The first kappa shape index (κ1) is 15.7. The van der Waals surface area contributed by atoms with Gasteiger partial charge < -0.3 is 4.90 Å². The fourth-order valence-corrected chi connectivity index (χ4v) is 3.80. The maximum atomic E-state index is 12.3. The first-order chi connectivity index (χ1) is 9.38. The topological polar surface area (TPSA) is 60.9 Å². The van der Waals surface area contributed by atoms with Crippen LogP contribution in [-0.4, -0.2) is 80.0 Å². The molecule has 116 valence electrons. The van der Waals surface area contributed by atoms with E-state index in [1.165, 1.54) is 17.0 Å². The Morgan fingerprint density at radius 3 is 2.30 bits per heavy atom. The second kappa shape index (κ2) is 6.41. The van der Waals surface area contributed by atoms with Crippen LogP contribution in [-0.2, 0) is 14.8 Å². The lowest BCUT2D eigenvalue weighted by Crippen LogP contribution is -2.52. The SMILES string of the molecule is CC1CCCCN1C(=O)CN1CCN(S(C)(=O)=O)CC1. The lowest BCUT2D eigenvalue weighted by molar-refractivity contribution is -0.135. The molecule has 2 aliphatic rings. The summed E-state index contributed by atoms with van der Waals surface area (Å²) in [6.45, 7) is 5.65. The monoisotopic (exact) mass is 303 g/mol. The minimum Gasteiger partial charge on any atom is -0.339 e. The van der Waals surface area contributed by atoms with Crippen LogP contribution in [0.2, 0.25) is 0 Å². The van der Waals surface area contributed by atoms with Gasteiger partial charge in [-0.1, -0.05) is 0 Å². The highest BCUT2D eigenvalue weighted by Crippen LogP contribution is 2.17. The maximum Gasteiger partial charge on any atom is 0.236 e. The molecule has 7 heteroatoms. The van der Waals surface area contributed by atoms with Gasteiger partial charge in [0.25, 0.3) is 0 Å². The van der Waals surface area contributed by atoms with Gasteiger partial charge in [-0.05, 0) is 26.2 Å². The van der Waals surface area contributed by atoms with E-state index in [4.69, 9.17) is 0 Å². The van der Waals surface area contributed by atoms with Gasteiger partial charge in [-0.3, -0.25) is 9.69 Å². The van der Waals surface area contributed by atoms with Gasteiger partial charge in [0.15, 0.2) is 0 Å². The van der Waals surface area contributed by atoms with E-state index < -0.39 is 10.0 Å². The summed E-state index contributed by atoms with van der Waals surface area (Å²) in [5.74, 6) is 0.185. The van der Waals surface area contributed by atoms with Crippen LogP contribution in [0.5, 0.6) is 0 Å². The summed E-state index contributed by atoms with van der Waals surface area (Å²) in [7, 11) is -3.10. The van der Waals surface area contributed by atoms with Crippen molar-refractivity contribution in [3.63, 3.8) is 0 Å². The van der Waals surface area contributed by atoms with Crippen molar-refractivity contribution in [3.8, 4) is 0 Å². The molecule has 0 saturated carbocycles. The fraction of sp³-hybridized carbons (Fsp3) is 0.923. The van der Waals surface area contributed by atoms with E-state index in [1.807, 2.05) is 4.90 Å². The van der Waals surface area contributed by atoms with Crippen LogP contribution < -0.4 is 0 Å². The summed E-state index contributed by atoms with van der Waals surface area (Å²) in [6, 6.07) is 0.341. The number of sulfonamides is 1. The van der Waals surface area contributed by atoms with Crippen LogP contribution in [0, 0.1) is 0 Å². The maximum absolute atomic E-state index is 12.3. The third-order valence-electron chi connectivity index (χ3n) is 4.28. The Balaban J connectivity index is 1.82. The van der Waals surface area contributed by atoms with E-state index >= 15 is 0 Å². The summed E-state index contributed by atoms with van der Waals surface area (Å²) in [5.41, 5.74) is 0. The molecule has 0 aliphatic carbocycles. The van der Waals surface area contributed by atoms with Crippen LogP contribution in [0.15, 0.2) is 0 Å². The molecule has 0 bridgehead atoms. The molecule has 0 N–H and O–H groups in total. The molecular formula is C13H25N3O3S. The predicted molar refractivity (Wildman–Crippen MR) is 77.9 cm³/mol. The number of hydrogen-bond acceptors (Lipinski definition) is 4. The first-order valence-electron chi connectivity index (χ1n) is 7.35. The molecule has 6 nitrogen and oxygen atoms in total. The molecule has 1 unspecified atom stereocenters. The Bertz CT molecular complexity index is 444. The average Bonchev–Trinajstić information content (AvgIpc) is 2.38. The molecule has 0 aromatic heterocycles. The molecule has 2 saturated heterocycles. The number of likely N-dealkylation sites (tertiary alicyclic amines) is 1. The zero-order chi connectivity index (χ0) is 14.8. The molecule has 0 aromatic rings. The van der Waals surface area contributed by atoms with Gasteiger partial charge in [-0.15, -0.1) is 0 Å². The number of rotatable bonds is 3. The van der Waals surface area contributed by atoms with Gasteiger partial charge in [0.1, 0.15) is 0 Å². The number of hydrogen-bond donors (Lipinski definition) is 0. The number of carbonyl (C=O) groups excluding carboxylic acids is 1. The van der Waals surface area contributed by atoms with Crippen molar-refractivity contribution in [1.29, 1.82) is 0 Å². The summed E-state index contributed by atoms with van der Waals surface area (Å²) < 4.78 is 24.4. The standard InChI is InChI=1S/C13H25N3O3S/c1-12-5-3-4-6-16(12)13(17)11-14-7-9-15(10-8-14)20(2,18)19/h12H,3-11H2,1-2H3. The summed E-state index contributed by atoms with van der Waals surface area (Å²) >= 11 is 0. The second-order valence-corrected chi connectivity index (χ2v) is 7.85. The molecule has 0 aromatic carbocycles. The van der Waals surface area contributed by atoms with Crippen molar-refractivity contribution in [1.82, 2.24) is 14.1 Å². The van der Waals surface area contributed by atoms with Gasteiger partial charge in [0.2, 0.25) is 15.9 Å². The molecule has 0 radical (unpaired) electrons. The summed E-state index contributed by atoms with van der Waals surface area (Å²) in [6.07, 6.45) is 4.63. The fourth-order valence-electron chi connectivity index (χ4n) is 2.97. The van der Waals surface area contributed by atoms with Crippen LogP contribution in [0.25, 0.3) is 0 Å². The van der Waals surface area contributed by atoms with Gasteiger partial charge >= 0.3 is 0 Å². The van der Waals surface area contributed by atoms with Crippen molar-refractivity contribution >= 4 is 15.9 Å².